The average Bonchev–Trinajstić information content (AvgIpc) is 3.33. The van der Waals surface area contributed by atoms with E-state index in [1.807, 2.05) is 72.9 Å². The molecule has 4 rings (SSSR count). The summed E-state index contributed by atoms with van der Waals surface area (Å²) in [5.74, 6) is -1.31. The molecule has 1 aromatic heterocycles. The first-order valence-corrected chi connectivity index (χ1v) is 10.3. The van der Waals surface area contributed by atoms with Gasteiger partial charge in [0.2, 0.25) is 0 Å². The second-order valence-corrected chi connectivity index (χ2v) is 8.32. The van der Waals surface area contributed by atoms with Crippen molar-refractivity contribution < 1.29 is 14.7 Å². The molecule has 29 heavy (non-hydrogen) atoms. The Bertz CT molecular complexity index is 1100. The van der Waals surface area contributed by atoms with Gasteiger partial charge in [-0.25, -0.2) is 0 Å². The van der Waals surface area contributed by atoms with Gasteiger partial charge in [0, 0.05) is 23.5 Å². The predicted octanol–water partition coefficient (Wildman–Crippen LogP) is 3.88. The van der Waals surface area contributed by atoms with Gasteiger partial charge in [-0.2, -0.15) is 0 Å². The van der Waals surface area contributed by atoms with Gasteiger partial charge in [0.1, 0.15) is 5.76 Å². The minimum absolute atomic E-state index is 0.120. The Hall–Kier alpha value is -2.96. The van der Waals surface area contributed by atoms with E-state index in [-0.39, 0.29) is 11.3 Å². The van der Waals surface area contributed by atoms with Crippen molar-refractivity contribution >= 4 is 39.6 Å². The molecule has 0 aliphatic carbocycles. The minimum Gasteiger partial charge on any atom is -0.507 e. The van der Waals surface area contributed by atoms with E-state index in [2.05, 4.69) is 0 Å². The smallest absolute Gasteiger partial charge is 0.295 e. The van der Waals surface area contributed by atoms with Gasteiger partial charge in [-0.15, -0.1) is 11.3 Å². The number of nitrogens with zero attached hydrogens (tertiary/aromatic N) is 2. The molecule has 0 bridgehead atoms. The fourth-order valence-corrected chi connectivity index (χ4v) is 4.58. The Balaban J connectivity index is 1.89. The zero-order valence-corrected chi connectivity index (χ0v) is 17.1. The number of hydrogen-bond acceptors (Lipinski definition) is 5. The Morgan fingerprint density at radius 1 is 1.07 bits per heavy atom. The van der Waals surface area contributed by atoms with Gasteiger partial charge in [-0.3, -0.25) is 9.59 Å². The number of fused-ring (bicyclic) bond motifs is 1. The molecule has 148 valence electrons. The van der Waals surface area contributed by atoms with E-state index < -0.39 is 17.7 Å². The molecule has 1 unspecified atom stereocenters. The highest BCUT2D eigenvalue weighted by Gasteiger charge is 2.46. The van der Waals surface area contributed by atoms with E-state index in [0.717, 1.165) is 15.6 Å². The van der Waals surface area contributed by atoms with Crippen molar-refractivity contribution in [3.63, 3.8) is 0 Å². The summed E-state index contributed by atoms with van der Waals surface area (Å²) in [5, 5.41) is 15.0. The van der Waals surface area contributed by atoms with Gasteiger partial charge < -0.3 is 14.9 Å². The van der Waals surface area contributed by atoms with Crippen LogP contribution in [0.15, 0.2) is 65.6 Å². The van der Waals surface area contributed by atoms with Gasteiger partial charge in [-0.05, 0) is 36.3 Å². The average molecular weight is 407 g/mol. The standard InChI is InChI=1S/C23H22N2O3S/c1-24(2)12-13-25-20(18-11-6-14-29-18)19(22(27)23(25)28)21(26)17-10-5-8-15-7-3-4-9-16(15)17/h3-11,14,20,26H,12-13H2,1-2H3/b21-19-. The molecule has 1 N–H and O–H groups in total. The number of thiophene rings is 1. The lowest BCUT2D eigenvalue weighted by Crippen LogP contribution is -2.35. The first kappa shape index (κ1) is 19.4. The van der Waals surface area contributed by atoms with Crippen LogP contribution in [0.4, 0.5) is 0 Å². The molecule has 3 aromatic rings. The maximum atomic E-state index is 13.0. The van der Waals surface area contributed by atoms with Crippen molar-refractivity contribution in [2.45, 2.75) is 6.04 Å². The van der Waals surface area contributed by atoms with Crippen LogP contribution in [0.3, 0.4) is 0 Å². The fraction of sp³-hybridized carbons (Fsp3) is 0.217. The number of carbonyl (C=O) groups excluding carboxylic acids is 2. The summed E-state index contributed by atoms with van der Waals surface area (Å²) in [6.07, 6.45) is 0. The molecule has 0 radical (unpaired) electrons. The lowest BCUT2D eigenvalue weighted by atomic mass is 9.96. The van der Waals surface area contributed by atoms with E-state index in [1.54, 1.807) is 11.0 Å². The molecule has 0 saturated carbocycles. The van der Waals surface area contributed by atoms with E-state index >= 15 is 0 Å². The van der Waals surface area contributed by atoms with Crippen LogP contribution in [0.1, 0.15) is 16.5 Å². The number of likely N-dealkylation sites (tertiary alicyclic amines) is 1. The van der Waals surface area contributed by atoms with Crippen LogP contribution in [-0.2, 0) is 9.59 Å². The number of ketones is 1. The van der Waals surface area contributed by atoms with E-state index in [1.165, 1.54) is 11.3 Å². The number of rotatable bonds is 5. The molecule has 5 nitrogen and oxygen atoms in total. The molecule has 1 fully saturated rings. The number of amides is 1. The number of carbonyl (C=O) groups is 2. The number of Topliss-reactive ketones (excluding diaryl/α,β-unsaturated/α-hetero) is 1. The van der Waals surface area contributed by atoms with Crippen LogP contribution in [0.25, 0.3) is 16.5 Å². The molecule has 1 amide bonds. The van der Waals surface area contributed by atoms with Crippen molar-refractivity contribution in [3.8, 4) is 0 Å². The van der Waals surface area contributed by atoms with Gasteiger partial charge >= 0.3 is 0 Å². The summed E-state index contributed by atoms with van der Waals surface area (Å²) >= 11 is 1.48. The number of benzene rings is 2. The predicted molar refractivity (Wildman–Crippen MR) is 116 cm³/mol. The summed E-state index contributed by atoms with van der Waals surface area (Å²) in [7, 11) is 3.85. The van der Waals surface area contributed by atoms with Gasteiger partial charge in [0.15, 0.2) is 0 Å². The maximum Gasteiger partial charge on any atom is 0.295 e. The summed E-state index contributed by atoms with van der Waals surface area (Å²) in [6, 6.07) is 16.5. The highest BCUT2D eigenvalue weighted by atomic mass is 32.1. The highest BCUT2D eigenvalue weighted by Crippen LogP contribution is 2.41. The highest BCUT2D eigenvalue weighted by molar-refractivity contribution is 7.10. The van der Waals surface area contributed by atoms with E-state index in [4.69, 9.17) is 0 Å². The molecule has 1 saturated heterocycles. The first-order chi connectivity index (χ1) is 14.0. The summed E-state index contributed by atoms with van der Waals surface area (Å²) in [5.41, 5.74) is 0.725. The van der Waals surface area contributed by atoms with Crippen LogP contribution in [0.2, 0.25) is 0 Å². The maximum absolute atomic E-state index is 13.0. The van der Waals surface area contributed by atoms with Crippen LogP contribution in [-0.4, -0.2) is 53.8 Å². The van der Waals surface area contributed by atoms with Gasteiger partial charge in [0.05, 0.1) is 11.6 Å². The van der Waals surface area contributed by atoms with Gasteiger partial charge in [0.25, 0.3) is 11.7 Å². The largest absolute Gasteiger partial charge is 0.507 e. The van der Waals surface area contributed by atoms with E-state index in [9.17, 15) is 14.7 Å². The molecule has 1 aliphatic heterocycles. The Morgan fingerprint density at radius 2 is 1.83 bits per heavy atom. The molecular formula is C23H22N2O3S. The normalized spacial score (nSPS) is 18.9. The number of likely N-dealkylation sites (N-methyl/N-ethyl adjacent to an activating group) is 1. The molecule has 0 spiro atoms. The molecule has 6 heteroatoms. The van der Waals surface area contributed by atoms with Crippen LogP contribution in [0.5, 0.6) is 0 Å². The topological polar surface area (TPSA) is 60.9 Å². The number of aliphatic hydroxyl groups excluding tert-OH is 1. The fourth-order valence-electron chi connectivity index (χ4n) is 3.74. The van der Waals surface area contributed by atoms with Crippen LogP contribution < -0.4 is 0 Å². The molecule has 2 aromatic carbocycles. The lowest BCUT2D eigenvalue weighted by molar-refractivity contribution is -0.140. The summed E-state index contributed by atoms with van der Waals surface area (Å²) < 4.78 is 0. The second kappa shape index (κ2) is 7.81. The van der Waals surface area contributed by atoms with Crippen LogP contribution in [0, 0.1) is 0 Å². The minimum atomic E-state index is -0.632. The number of hydrogen-bond donors (Lipinski definition) is 1. The van der Waals surface area contributed by atoms with Crippen molar-refractivity contribution in [1.29, 1.82) is 0 Å². The van der Waals surface area contributed by atoms with Crippen LogP contribution >= 0.6 is 11.3 Å². The SMILES string of the molecule is CN(C)CCN1C(=O)C(=O)/C(=C(\O)c2cccc3ccccc23)C1c1cccs1. The third-order valence-electron chi connectivity index (χ3n) is 5.19. The van der Waals surface area contributed by atoms with Crippen molar-refractivity contribution in [2.24, 2.45) is 0 Å². The number of aliphatic hydroxyl groups is 1. The lowest BCUT2D eigenvalue weighted by Gasteiger charge is -2.25. The zero-order chi connectivity index (χ0) is 20.5. The van der Waals surface area contributed by atoms with E-state index in [0.29, 0.717) is 18.7 Å². The Morgan fingerprint density at radius 3 is 2.55 bits per heavy atom. The second-order valence-electron chi connectivity index (χ2n) is 7.34. The Kier molecular flexibility index (Phi) is 5.22. The van der Waals surface area contributed by atoms with Crippen molar-refractivity contribution in [3.05, 3.63) is 76.0 Å². The molecule has 2 heterocycles. The molecule has 1 atom stereocenters. The van der Waals surface area contributed by atoms with Crippen molar-refractivity contribution in [1.82, 2.24) is 9.80 Å². The third-order valence-corrected chi connectivity index (χ3v) is 6.11. The summed E-state index contributed by atoms with van der Waals surface area (Å²) in [6.45, 7) is 1.04. The zero-order valence-electron chi connectivity index (χ0n) is 16.3. The quantitative estimate of drug-likeness (QED) is 0.397. The summed E-state index contributed by atoms with van der Waals surface area (Å²) in [4.78, 5) is 30.3. The molecular weight excluding hydrogens is 384 g/mol. The first-order valence-electron chi connectivity index (χ1n) is 9.43. The monoisotopic (exact) mass is 406 g/mol. The third kappa shape index (κ3) is 3.45. The van der Waals surface area contributed by atoms with Crippen molar-refractivity contribution in [2.75, 3.05) is 27.2 Å². The Labute approximate surface area is 173 Å². The van der Waals surface area contributed by atoms with Gasteiger partial charge in [-0.1, -0.05) is 48.5 Å². The molecule has 1 aliphatic rings.